The molecule has 0 heterocycles. The molecular formula is C17H23NO. The molecular weight excluding hydrogens is 234 g/mol. The lowest BCUT2D eigenvalue weighted by Crippen LogP contribution is -2.33. The first-order valence-corrected chi connectivity index (χ1v) is 6.97. The SMILES string of the molecule is CC(NC(C)C(C)C)c1ccc2ccccc2c1O. The highest BCUT2D eigenvalue weighted by Crippen LogP contribution is 2.32. The topological polar surface area (TPSA) is 32.3 Å². The number of phenolic OH excluding ortho intramolecular Hbond substituents is 1. The molecule has 0 spiro atoms. The van der Waals surface area contributed by atoms with Crippen molar-refractivity contribution >= 4 is 10.8 Å². The first-order chi connectivity index (χ1) is 9.00. The molecule has 0 bridgehead atoms. The maximum absolute atomic E-state index is 10.4. The van der Waals surface area contributed by atoms with Crippen LogP contribution in [0.2, 0.25) is 0 Å². The molecule has 2 nitrogen and oxygen atoms in total. The predicted octanol–water partition coefficient (Wildman–Crippen LogP) is 4.24. The second-order valence-electron chi connectivity index (χ2n) is 5.65. The molecule has 2 heteroatoms. The van der Waals surface area contributed by atoms with Gasteiger partial charge in [0.05, 0.1) is 0 Å². The van der Waals surface area contributed by atoms with Crippen LogP contribution in [0.5, 0.6) is 5.75 Å². The zero-order valence-corrected chi connectivity index (χ0v) is 12.1. The van der Waals surface area contributed by atoms with E-state index in [4.69, 9.17) is 0 Å². The fourth-order valence-corrected chi connectivity index (χ4v) is 2.30. The Hall–Kier alpha value is -1.54. The largest absolute Gasteiger partial charge is 0.507 e. The highest BCUT2D eigenvalue weighted by Gasteiger charge is 2.16. The smallest absolute Gasteiger partial charge is 0.128 e. The summed E-state index contributed by atoms with van der Waals surface area (Å²) in [6.07, 6.45) is 0. The van der Waals surface area contributed by atoms with Crippen molar-refractivity contribution in [1.82, 2.24) is 5.32 Å². The highest BCUT2D eigenvalue weighted by atomic mass is 16.3. The minimum absolute atomic E-state index is 0.141. The average Bonchev–Trinajstić information content (AvgIpc) is 2.39. The van der Waals surface area contributed by atoms with E-state index >= 15 is 0 Å². The Labute approximate surface area is 115 Å². The Bertz CT molecular complexity index is 562. The molecule has 2 atom stereocenters. The standard InChI is InChI=1S/C17H23NO/c1-11(2)12(3)18-13(4)15-10-9-14-7-5-6-8-16(14)17(15)19/h5-13,18-19H,1-4H3. The predicted molar refractivity (Wildman–Crippen MR) is 81.5 cm³/mol. The van der Waals surface area contributed by atoms with Gasteiger partial charge in [-0.2, -0.15) is 0 Å². The maximum atomic E-state index is 10.4. The quantitative estimate of drug-likeness (QED) is 0.858. The van der Waals surface area contributed by atoms with Gasteiger partial charge in [-0.3, -0.25) is 0 Å². The highest BCUT2D eigenvalue weighted by molar-refractivity contribution is 5.89. The van der Waals surface area contributed by atoms with Gasteiger partial charge in [0, 0.05) is 23.0 Å². The number of fused-ring (bicyclic) bond motifs is 1. The van der Waals surface area contributed by atoms with Crippen LogP contribution in [0.1, 0.15) is 39.3 Å². The van der Waals surface area contributed by atoms with E-state index in [-0.39, 0.29) is 6.04 Å². The van der Waals surface area contributed by atoms with E-state index < -0.39 is 0 Å². The van der Waals surface area contributed by atoms with Crippen molar-refractivity contribution in [2.24, 2.45) is 5.92 Å². The minimum atomic E-state index is 0.141. The van der Waals surface area contributed by atoms with Crippen LogP contribution in [-0.2, 0) is 0 Å². The molecule has 0 aliphatic heterocycles. The van der Waals surface area contributed by atoms with Crippen LogP contribution in [0.4, 0.5) is 0 Å². The summed E-state index contributed by atoms with van der Waals surface area (Å²) in [5.41, 5.74) is 0.964. The zero-order valence-electron chi connectivity index (χ0n) is 12.1. The first kappa shape index (κ1) is 13.9. The number of hydrogen-bond donors (Lipinski definition) is 2. The summed E-state index contributed by atoms with van der Waals surface area (Å²) in [6, 6.07) is 12.6. The summed E-state index contributed by atoms with van der Waals surface area (Å²) in [5, 5.41) is 16.0. The average molecular weight is 257 g/mol. The van der Waals surface area contributed by atoms with Gasteiger partial charge in [-0.15, -0.1) is 0 Å². The molecule has 0 amide bonds. The molecule has 102 valence electrons. The van der Waals surface area contributed by atoms with Crippen molar-refractivity contribution in [3.05, 3.63) is 42.0 Å². The third kappa shape index (κ3) is 2.90. The molecule has 0 aliphatic carbocycles. The van der Waals surface area contributed by atoms with Gasteiger partial charge in [0.25, 0.3) is 0 Å². The van der Waals surface area contributed by atoms with E-state index in [2.05, 4.69) is 39.1 Å². The van der Waals surface area contributed by atoms with Gasteiger partial charge in [0.15, 0.2) is 0 Å². The Morgan fingerprint density at radius 2 is 1.63 bits per heavy atom. The monoisotopic (exact) mass is 257 g/mol. The van der Waals surface area contributed by atoms with Crippen LogP contribution in [0.3, 0.4) is 0 Å². The Balaban J connectivity index is 2.32. The van der Waals surface area contributed by atoms with Gasteiger partial charge in [-0.25, -0.2) is 0 Å². The van der Waals surface area contributed by atoms with E-state index in [0.29, 0.717) is 17.7 Å². The van der Waals surface area contributed by atoms with Crippen molar-refractivity contribution in [3.8, 4) is 5.75 Å². The molecule has 2 aromatic rings. The fraction of sp³-hybridized carbons (Fsp3) is 0.412. The molecule has 2 rings (SSSR count). The molecule has 0 aliphatic rings. The summed E-state index contributed by atoms with van der Waals surface area (Å²) in [5.74, 6) is 0.971. The van der Waals surface area contributed by atoms with Gasteiger partial charge in [-0.05, 0) is 25.2 Å². The van der Waals surface area contributed by atoms with Gasteiger partial charge >= 0.3 is 0 Å². The molecule has 19 heavy (non-hydrogen) atoms. The first-order valence-electron chi connectivity index (χ1n) is 6.97. The lowest BCUT2D eigenvalue weighted by atomic mass is 9.99. The third-order valence-corrected chi connectivity index (χ3v) is 3.91. The van der Waals surface area contributed by atoms with Crippen molar-refractivity contribution in [3.63, 3.8) is 0 Å². The van der Waals surface area contributed by atoms with Gasteiger partial charge in [0.1, 0.15) is 5.75 Å². The second-order valence-corrected chi connectivity index (χ2v) is 5.65. The van der Waals surface area contributed by atoms with Gasteiger partial charge < -0.3 is 10.4 Å². The molecule has 2 unspecified atom stereocenters. The maximum Gasteiger partial charge on any atom is 0.128 e. The Morgan fingerprint density at radius 3 is 2.32 bits per heavy atom. The van der Waals surface area contributed by atoms with Crippen molar-refractivity contribution in [2.75, 3.05) is 0 Å². The van der Waals surface area contributed by atoms with Crippen molar-refractivity contribution in [2.45, 2.75) is 39.8 Å². The van der Waals surface area contributed by atoms with Crippen molar-refractivity contribution < 1.29 is 5.11 Å². The van der Waals surface area contributed by atoms with Crippen LogP contribution in [0, 0.1) is 5.92 Å². The normalized spacial score (nSPS) is 14.8. The number of benzene rings is 2. The fourth-order valence-electron chi connectivity index (χ4n) is 2.30. The van der Waals surface area contributed by atoms with E-state index in [0.717, 1.165) is 16.3 Å². The second kappa shape index (κ2) is 5.62. The molecule has 0 aromatic heterocycles. The summed E-state index contributed by atoms with van der Waals surface area (Å²) < 4.78 is 0. The molecule has 0 fully saturated rings. The minimum Gasteiger partial charge on any atom is -0.507 e. The van der Waals surface area contributed by atoms with Crippen LogP contribution < -0.4 is 5.32 Å². The summed E-state index contributed by atoms with van der Waals surface area (Å²) in [6.45, 7) is 8.68. The molecule has 2 N–H and O–H groups in total. The van der Waals surface area contributed by atoms with Gasteiger partial charge in [-0.1, -0.05) is 50.2 Å². The van der Waals surface area contributed by atoms with E-state index in [9.17, 15) is 5.11 Å². The number of hydrogen-bond acceptors (Lipinski definition) is 2. The molecule has 0 radical (unpaired) electrons. The molecule has 0 saturated heterocycles. The molecule has 2 aromatic carbocycles. The Morgan fingerprint density at radius 1 is 0.947 bits per heavy atom. The van der Waals surface area contributed by atoms with Gasteiger partial charge in [0.2, 0.25) is 0 Å². The van der Waals surface area contributed by atoms with E-state index in [1.54, 1.807) is 0 Å². The number of nitrogens with one attached hydrogen (secondary N) is 1. The number of phenols is 1. The summed E-state index contributed by atoms with van der Waals surface area (Å²) >= 11 is 0. The Kier molecular flexibility index (Phi) is 4.11. The third-order valence-electron chi connectivity index (χ3n) is 3.91. The van der Waals surface area contributed by atoms with Crippen LogP contribution in [0.25, 0.3) is 10.8 Å². The molecule has 0 saturated carbocycles. The van der Waals surface area contributed by atoms with Crippen LogP contribution in [-0.4, -0.2) is 11.1 Å². The lowest BCUT2D eigenvalue weighted by Gasteiger charge is -2.24. The number of aromatic hydroxyl groups is 1. The van der Waals surface area contributed by atoms with E-state index in [1.165, 1.54) is 0 Å². The zero-order chi connectivity index (χ0) is 14.0. The van der Waals surface area contributed by atoms with E-state index in [1.807, 2.05) is 30.3 Å². The van der Waals surface area contributed by atoms with Crippen LogP contribution in [0.15, 0.2) is 36.4 Å². The van der Waals surface area contributed by atoms with Crippen LogP contribution >= 0.6 is 0 Å². The number of rotatable bonds is 4. The van der Waals surface area contributed by atoms with Crippen molar-refractivity contribution in [1.29, 1.82) is 0 Å². The summed E-state index contributed by atoms with van der Waals surface area (Å²) in [7, 11) is 0. The lowest BCUT2D eigenvalue weighted by molar-refractivity contribution is 0.380. The summed E-state index contributed by atoms with van der Waals surface area (Å²) in [4.78, 5) is 0.